The molecule has 1 aromatic rings. The number of nitrogens with two attached hydrogens (primary N) is 1. The number of piperidine rings is 1. The number of carbonyl (C=O) groups is 1. The Balaban J connectivity index is 1.94. The van der Waals surface area contributed by atoms with Crippen molar-refractivity contribution < 1.29 is 13.2 Å². The predicted octanol–water partition coefficient (Wildman–Crippen LogP) is 3.01. The van der Waals surface area contributed by atoms with Crippen LogP contribution in [-0.4, -0.2) is 43.1 Å². The Bertz CT molecular complexity index is 755. The number of carbonyl (C=O) groups excluding carboxylic acids is 1. The van der Waals surface area contributed by atoms with Crippen molar-refractivity contribution >= 4 is 27.3 Å². The maximum atomic E-state index is 13.5. The van der Waals surface area contributed by atoms with Gasteiger partial charge in [0.15, 0.2) is 14.6 Å². The molecular formula is C19H27ClN2O3S. The molecule has 1 heterocycles. The number of rotatable bonds is 4. The largest absolute Gasteiger partial charge is 0.341 e. The Morgan fingerprint density at radius 3 is 2.42 bits per heavy atom. The van der Waals surface area contributed by atoms with Gasteiger partial charge in [-0.3, -0.25) is 4.79 Å². The fourth-order valence-electron chi connectivity index (χ4n) is 4.29. The molecule has 3 rings (SSSR count). The van der Waals surface area contributed by atoms with Crippen molar-refractivity contribution in [1.29, 1.82) is 0 Å². The van der Waals surface area contributed by atoms with E-state index < -0.39 is 14.6 Å². The lowest BCUT2D eigenvalue weighted by Gasteiger charge is -2.39. The van der Waals surface area contributed by atoms with Crippen LogP contribution in [0, 0.1) is 5.92 Å². The van der Waals surface area contributed by atoms with Crippen molar-refractivity contribution in [3.05, 3.63) is 29.3 Å². The minimum absolute atomic E-state index is 0.00185. The van der Waals surface area contributed by atoms with Crippen LogP contribution in [0.4, 0.5) is 0 Å². The van der Waals surface area contributed by atoms with Gasteiger partial charge in [-0.15, -0.1) is 0 Å². The Morgan fingerprint density at radius 1 is 1.23 bits per heavy atom. The maximum absolute atomic E-state index is 13.5. The second kappa shape index (κ2) is 7.49. The third-order valence-electron chi connectivity index (χ3n) is 5.93. The second-order valence-electron chi connectivity index (χ2n) is 7.67. The summed E-state index contributed by atoms with van der Waals surface area (Å²) in [6, 6.07) is 6.14. The number of benzene rings is 1. The number of halogens is 1. The molecular weight excluding hydrogens is 372 g/mol. The minimum atomic E-state index is -3.78. The highest BCUT2D eigenvalue weighted by molar-refractivity contribution is 7.93. The number of amides is 1. The van der Waals surface area contributed by atoms with E-state index in [-0.39, 0.29) is 22.8 Å². The van der Waals surface area contributed by atoms with E-state index in [1.165, 1.54) is 12.1 Å². The quantitative estimate of drug-likeness (QED) is 0.845. The first kappa shape index (κ1) is 19.6. The molecule has 2 atom stereocenters. The van der Waals surface area contributed by atoms with Crippen LogP contribution >= 0.6 is 11.6 Å². The molecule has 1 aliphatic carbocycles. The molecule has 2 unspecified atom stereocenters. The monoisotopic (exact) mass is 398 g/mol. The summed E-state index contributed by atoms with van der Waals surface area (Å²) in [7, 11) is -3.78. The van der Waals surface area contributed by atoms with E-state index in [1.807, 2.05) is 6.92 Å². The zero-order valence-corrected chi connectivity index (χ0v) is 16.7. The molecule has 7 heteroatoms. The Hall–Kier alpha value is -1.11. The molecule has 0 bridgehead atoms. The van der Waals surface area contributed by atoms with Gasteiger partial charge in [-0.2, -0.15) is 0 Å². The standard InChI is InChI=1S/C19H27ClN2O3S/c1-14(21)15-5-4-12-22(13-15)18(23)19(10-2-3-11-19)26(24,25)17-8-6-16(20)7-9-17/h6-9,14-15H,2-5,10-13,21H2,1H3. The van der Waals surface area contributed by atoms with Crippen LogP contribution in [-0.2, 0) is 14.6 Å². The summed E-state index contributed by atoms with van der Waals surface area (Å²) in [5.74, 6) is -0.0142. The number of hydrogen-bond acceptors (Lipinski definition) is 4. The van der Waals surface area contributed by atoms with Gasteiger partial charge >= 0.3 is 0 Å². The summed E-state index contributed by atoms with van der Waals surface area (Å²) in [5, 5.41) is 0.478. The lowest BCUT2D eigenvalue weighted by atomic mass is 9.91. The van der Waals surface area contributed by atoms with Crippen LogP contribution in [0.1, 0.15) is 45.4 Å². The highest BCUT2D eigenvalue weighted by Gasteiger charge is 2.54. The molecule has 26 heavy (non-hydrogen) atoms. The average molecular weight is 399 g/mol. The smallest absolute Gasteiger partial charge is 0.244 e. The molecule has 0 spiro atoms. The molecule has 1 saturated heterocycles. The highest BCUT2D eigenvalue weighted by Crippen LogP contribution is 2.42. The molecule has 144 valence electrons. The van der Waals surface area contributed by atoms with Crippen molar-refractivity contribution in [2.45, 2.75) is 61.1 Å². The number of nitrogens with zero attached hydrogens (tertiary/aromatic N) is 1. The number of sulfone groups is 1. The SMILES string of the molecule is CC(N)C1CCCN(C(=O)C2(S(=O)(=O)c3ccc(Cl)cc3)CCCC2)C1. The molecule has 1 aromatic carbocycles. The highest BCUT2D eigenvalue weighted by atomic mass is 35.5. The summed E-state index contributed by atoms with van der Waals surface area (Å²) in [4.78, 5) is 15.4. The topological polar surface area (TPSA) is 80.5 Å². The van der Waals surface area contributed by atoms with Gasteiger partial charge < -0.3 is 10.6 Å². The van der Waals surface area contributed by atoms with Gasteiger partial charge in [0.25, 0.3) is 0 Å². The van der Waals surface area contributed by atoms with Gasteiger partial charge in [-0.05, 0) is 62.8 Å². The third-order valence-corrected chi connectivity index (χ3v) is 8.68. The van der Waals surface area contributed by atoms with Crippen molar-refractivity contribution in [3.8, 4) is 0 Å². The van der Waals surface area contributed by atoms with E-state index in [0.717, 1.165) is 25.7 Å². The zero-order valence-electron chi connectivity index (χ0n) is 15.2. The van der Waals surface area contributed by atoms with Crippen LogP contribution in [0.15, 0.2) is 29.2 Å². The predicted molar refractivity (Wildman–Crippen MR) is 103 cm³/mol. The molecule has 0 aromatic heterocycles. The normalized spacial score (nSPS) is 24.4. The van der Waals surface area contributed by atoms with E-state index in [4.69, 9.17) is 17.3 Å². The minimum Gasteiger partial charge on any atom is -0.341 e. The van der Waals surface area contributed by atoms with Crippen molar-refractivity contribution in [3.63, 3.8) is 0 Å². The average Bonchev–Trinajstić information content (AvgIpc) is 3.13. The fourth-order valence-corrected chi connectivity index (χ4v) is 6.55. The Labute approximate surface area is 160 Å². The van der Waals surface area contributed by atoms with Crippen LogP contribution < -0.4 is 5.73 Å². The molecule has 5 nitrogen and oxygen atoms in total. The summed E-state index contributed by atoms with van der Waals surface area (Å²) >= 11 is 5.90. The molecule has 1 amide bonds. The molecule has 1 saturated carbocycles. The van der Waals surface area contributed by atoms with E-state index in [0.29, 0.717) is 31.0 Å². The molecule has 0 radical (unpaired) electrons. The first-order valence-electron chi connectivity index (χ1n) is 9.33. The van der Waals surface area contributed by atoms with Gasteiger partial charge in [0, 0.05) is 24.2 Å². The van der Waals surface area contributed by atoms with E-state index >= 15 is 0 Å². The van der Waals surface area contributed by atoms with Gasteiger partial charge in [0.05, 0.1) is 4.90 Å². The lowest BCUT2D eigenvalue weighted by molar-refractivity contribution is -0.135. The number of hydrogen-bond donors (Lipinski definition) is 1. The van der Waals surface area contributed by atoms with Crippen LogP contribution in [0.25, 0.3) is 0 Å². The van der Waals surface area contributed by atoms with Crippen LogP contribution in [0.3, 0.4) is 0 Å². The van der Waals surface area contributed by atoms with E-state index in [9.17, 15) is 13.2 Å². The first-order valence-corrected chi connectivity index (χ1v) is 11.2. The number of likely N-dealkylation sites (tertiary alicyclic amines) is 1. The van der Waals surface area contributed by atoms with Crippen molar-refractivity contribution in [2.24, 2.45) is 11.7 Å². The van der Waals surface area contributed by atoms with Gasteiger partial charge in [0.1, 0.15) is 0 Å². The maximum Gasteiger partial charge on any atom is 0.244 e. The molecule has 2 aliphatic rings. The molecule has 2 N–H and O–H groups in total. The van der Waals surface area contributed by atoms with Crippen LogP contribution in [0.2, 0.25) is 5.02 Å². The summed E-state index contributed by atoms with van der Waals surface area (Å²) in [6.07, 6.45) is 4.13. The molecule has 1 aliphatic heterocycles. The van der Waals surface area contributed by atoms with E-state index in [2.05, 4.69) is 0 Å². The Morgan fingerprint density at radius 2 is 1.85 bits per heavy atom. The summed E-state index contributed by atoms with van der Waals surface area (Å²) < 4.78 is 25.6. The van der Waals surface area contributed by atoms with Gasteiger partial charge in [-0.25, -0.2) is 8.42 Å². The summed E-state index contributed by atoms with van der Waals surface area (Å²) in [6.45, 7) is 3.11. The summed E-state index contributed by atoms with van der Waals surface area (Å²) in [5.41, 5.74) is 6.04. The van der Waals surface area contributed by atoms with Gasteiger partial charge in [0.2, 0.25) is 5.91 Å². The second-order valence-corrected chi connectivity index (χ2v) is 10.4. The zero-order chi connectivity index (χ0) is 18.9. The fraction of sp³-hybridized carbons (Fsp3) is 0.632. The van der Waals surface area contributed by atoms with Crippen molar-refractivity contribution in [1.82, 2.24) is 4.90 Å². The van der Waals surface area contributed by atoms with Crippen LogP contribution in [0.5, 0.6) is 0 Å². The van der Waals surface area contributed by atoms with Crippen molar-refractivity contribution in [2.75, 3.05) is 13.1 Å². The molecule has 2 fully saturated rings. The lowest BCUT2D eigenvalue weighted by Crippen LogP contribution is -2.55. The first-order chi connectivity index (χ1) is 12.3. The Kier molecular flexibility index (Phi) is 5.66. The van der Waals surface area contributed by atoms with E-state index in [1.54, 1.807) is 17.0 Å². The van der Waals surface area contributed by atoms with Gasteiger partial charge in [-0.1, -0.05) is 24.4 Å². The third kappa shape index (κ3) is 3.39.